The predicted molar refractivity (Wildman–Crippen MR) is 37.9 cm³/mol. The third-order valence-corrected chi connectivity index (χ3v) is 1.40. The summed E-state index contributed by atoms with van der Waals surface area (Å²) in [6, 6.07) is 1.86. The smallest absolute Gasteiger partial charge is 0.339 e. The van der Waals surface area contributed by atoms with Crippen LogP contribution in [0, 0.1) is 11.3 Å². The van der Waals surface area contributed by atoms with Gasteiger partial charge in [-0.25, -0.2) is 0 Å². The fourth-order valence-corrected chi connectivity index (χ4v) is 0.790. The number of nitrogens with zero attached hydrogens (tertiary/aromatic N) is 3. The Labute approximate surface area is 77.3 Å². The summed E-state index contributed by atoms with van der Waals surface area (Å²) >= 11 is 0. The number of hydrogen-bond acceptors (Lipinski definition) is 4. The highest BCUT2D eigenvalue weighted by Gasteiger charge is 2.37. The molecule has 4 nitrogen and oxygen atoms in total. The van der Waals surface area contributed by atoms with Crippen LogP contribution in [0.1, 0.15) is 24.6 Å². The predicted octanol–water partition coefficient (Wildman–Crippen LogP) is 1.93. The number of hydrogen-bond donors (Lipinski definition) is 0. The Balaban J connectivity index is 2.57. The van der Waals surface area contributed by atoms with E-state index in [2.05, 4.69) is 14.7 Å². The SMILES string of the molecule is N#CCCCc1nc(C(F)(F)F)no1. The van der Waals surface area contributed by atoms with Crippen LogP contribution in [0.2, 0.25) is 0 Å². The van der Waals surface area contributed by atoms with Crippen molar-refractivity contribution in [3.05, 3.63) is 11.7 Å². The molecule has 0 aliphatic carbocycles. The summed E-state index contributed by atoms with van der Waals surface area (Å²) in [6.45, 7) is 0. The highest BCUT2D eigenvalue weighted by molar-refractivity contribution is 4.91. The number of alkyl halides is 3. The van der Waals surface area contributed by atoms with Crippen molar-refractivity contribution in [2.75, 3.05) is 0 Å². The van der Waals surface area contributed by atoms with Crippen molar-refractivity contribution in [1.82, 2.24) is 10.1 Å². The van der Waals surface area contributed by atoms with Crippen LogP contribution in [-0.4, -0.2) is 10.1 Å². The van der Waals surface area contributed by atoms with Crippen molar-refractivity contribution in [2.45, 2.75) is 25.4 Å². The topological polar surface area (TPSA) is 62.7 Å². The molecule has 0 saturated heterocycles. The van der Waals surface area contributed by atoms with E-state index in [1.165, 1.54) is 0 Å². The first-order valence-electron chi connectivity index (χ1n) is 3.81. The molecule has 0 amide bonds. The van der Waals surface area contributed by atoms with Crippen molar-refractivity contribution in [3.63, 3.8) is 0 Å². The number of halogens is 3. The van der Waals surface area contributed by atoms with Gasteiger partial charge in [0.2, 0.25) is 5.89 Å². The van der Waals surface area contributed by atoms with E-state index in [-0.39, 0.29) is 18.7 Å². The fraction of sp³-hybridized carbons (Fsp3) is 0.571. The Kier molecular flexibility index (Phi) is 3.06. The van der Waals surface area contributed by atoms with Gasteiger partial charge in [0.1, 0.15) is 0 Å². The maximum Gasteiger partial charge on any atom is 0.455 e. The molecule has 1 aromatic heterocycles. The van der Waals surface area contributed by atoms with Crippen LogP contribution in [0.15, 0.2) is 4.52 Å². The number of nitriles is 1. The number of aromatic nitrogens is 2. The summed E-state index contributed by atoms with van der Waals surface area (Å²) in [5.74, 6) is -1.36. The largest absolute Gasteiger partial charge is 0.455 e. The molecule has 0 spiro atoms. The third-order valence-electron chi connectivity index (χ3n) is 1.40. The van der Waals surface area contributed by atoms with E-state index in [1.807, 2.05) is 6.07 Å². The van der Waals surface area contributed by atoms with Crippen LogP contribution in [0.5, 0.6) is 0 Å². The highest BCUT2D eigenvalue weighted by atomic mass is 19.4. The van der Waals surface area contributed by atoms with E-state index in [0.717, 1.165) is 0 Å². The van der Waals surface area contributed by atoms with E-state index in [4.69, 9.17) is 5.26 Å². The first-order chi connectivity index (χ1) is 6.54. The van der Waals surface area contributed by atoms with Crippen LogP contribution in [0.3, 0.4) is 0 Å². The first kappa shape index (κ1) is 10.5. The number of aryl methyl sites for hydroxylation is 1. The molecule has 0 fully saturated rings. The molecule has 0 aromatic carbocycles. The molecule has 0 aliphatic heterocycles. The van der Waals surface area contributed by atoms with E-state index in [0.29, 0.717) is 6.42 Å². The lowest BCUT2D eigenvalue weighted by atomic mass is 10.2. The van der Waals surface area contributed by atoms with E-state index in [9.17, 15) is 13.2 Å². The van der Waals surface area contributed by atoms with Crippen molar-refractivity contribution < 1.29 is 17.7 Å². The maximum absolute atomic E-state index is 12.0. The number of unbranched alkanes of at least 4 members (excludes halogenated alkanes) is 1. The summed E-state index contributed by atoms with van der Waals surface area (Å²) < 4.78 is 40.2. The van der Waals surface area contributed by atoms with Gasteiger partial charge in [-0.05, 0) is 6.42 Å². The molecule has 0 bridgehead atoms. The molecule has 0 radical (unpaired) electrons. The van der Waals surface area contributed by atoms with Gasteiger partial charge in [-0.15, -0.1) is 0 Å². The van der Waals surface area contributed by atoms with Gasteiger partial charge in [-0.2, -0.15) is 23.4 Å². The molecular formula is C7H6F3N3O. The number of rotatable bonds is 3. The van der Waals surface area contributed by atoms with Crippen molar-refractivity contribution in [2.24, 2.45) is 0 Å². The zero-order valence-electron chi connectivity index (χ0n) is 7.01. The highest BCUT2D eigenvalue weighted by Crippen LogP contribution is 2.26. The van der Waals surface area contributed by atoms with Crippen LogP contribution < -0.4 is 0 Å². The Hall–Kier alpha value is -1.58. The van der Waals surface area contributed by atoms with Gasteiger partial charge in [-0.1, -0.05) is 5.16 Å². The molecule has 0 aliphatic rings. The molecule has 0 atom stereocenters. The van der Waals surface area contributed by atoms with Crippen molar-refractivity contribution >= 4 is 0 Å². The van der Waals surface area contributed by atoms with Gasteiger partial charge < -0.3 is 4.52 Å². The zero-order valence-corrected chi connectivity index (χ0v) is 7.01. The Morgan fingerprint density at radius 1 is 1.43 bits per heavy atom. The minimum absolute atomic E-state index is 0.0902. The van der Waals surface area contributed by atoms with Crippen molar-refractivity contribution in [3.8, 4) is 6.07 Å². The lowest BCUT2D eigenvalue weighted by Crippen LogP contribution is -2.07. The fourth-order valence-electron chi connectivity index (χ4n) is 0.790. The first-order valence-corrected chi connectivity index (χ1v) is 3.81. The summed E-state index contributed by atoms with van der Waals surface area (Å²) in [7, 11) is 0. The molecule has 0 unspecified atom stereocenters. The van der Waals surface area contributed by atoms with Crippen molar-refractivity contribution in [1.29, 1.82) is 5.26 Å². The summed E-state index contributed by atoms with van der Waals surface area (Å²) in [4.78, 5) is 3.14. The molecule has 76 valence electrons. The standard InChI is InChI=1S/C7H6F3N3O/c8-7(9,10)6-12-5(14-13-6)3-1-2-4-11/h1-3H2. The van der Waals surface area contributed by atoms with Gasteiger partial charge in [0.15, 0.2) is 0 Å². The van der Waals surface area contributed by atoms with Gasteiger partial charge in [0.25, 0.3) is 5.82 Å². The van der Waals surface area contributed by atoms with Gasteiger partial charge in [-0.3, -0.25) is 0 Å². The minimum Gasteiger partial charge on any atom is -0.339 e. The molecule has 7 heteroatoms. The summed E-state index contributed by atoms with van der Waals surface area (Å²) in [5.41, 5.74) is 0. The summed E-state index contributed by atoms with van der Waals surface area (Å²) in [5, 5.41) is 11.0. The monoisotopic (exact) mass is 205 g/mol. The van der Waals surface area contributed by atoms with E-state index in [1.54, 1.807) is 0 Å². The van der Waals surface area contributed by atoms with E-state index < -0.39 is 12.0 Å². The average Bonchev–Trinajstić information content (AvgIpc) is 2.52. The third kappa shape index (κ3) is 2.73. The molecular weight excluding hydrogens is 199 g/mol. The minimum atomic E-state index is -4.57. The average molecular weight is 205 g/mol. The van der Waals surface area contributed by atoms with Gasteiger partial charge in [0.05, 0.1) is 6.07 Å². The molecule has 1 rings (SSSR count). The Bertz CT molecular complexity index is 339. The van der Waals surface area contributed by atoms with Crippen LogP contribution >= 0.6 is 0 Å². The molecule has 1 aromatic rings. The molecule has 1 heterocycles. The zero-order chi connectivity index (χ0) is 10.6. The van der Waals surface area contributed by atoms with E-state index >= 15 is 0 Å². The molecule has 14 heavy (non-hydrogen) atoms. The normalized spacial score (nSPS) is 11.3. The second-order valence-corrected chi connectivity index (χ2v) is 2.52. The quantitative estimate of drug-likeness (QED) is 0.707. The molecule has 0 N–H and O–H groups in total. The van der Waals surface area contributed by atoms with Gasteiger partial charge in [0, 0.05) is 12.8 Å². The summed E-state index contributed by atoms with van der Waals surface area (Å²) in [6.07, 6.45) is -3.71. The Morgan fingerprint density at radius 2 is 2.14 bits per heavy atom. The van der Waals surface area contributed by atoms with Gasteiger partial charge >= 0.3 is 6.18 Å². The van der Waals surface area contributed by atoms with Crippen LogP contribution in [-0.2, 0) is 12.6 Å². The second kappa shape index (κ2) is 4.09. The second-order valence-electron chi connectivity index (χ2n) is 2.52. The van der Waals surface area contributed by atoms with Crippen LogP contribution in [0.4, 0.5) is 13.2 Å². The van der Waals surface area contributed by atoms with Crippen LogP contribution in [0.25, 0.3) is 0 Å². The lowest BCUT2D eigenvalue weighted by molar-refractivity contribution is -0.146. The Morgan fingerprint density at radius 3 is 2.64 bits per heavy atom. The lowest BCUT2D eigenvalue weighted by Gasteiger charge is -1.95. The maximum atomic E-state index is 12.0. The molecule has 0 saturated carbocycles.